The Morgan fingerprint density at radius 2 is 1.27 bits per heavy atom. The molecule has 0 radical (unpaired) electrons. The van der Waals surface area contributed by atoms with Crippen LogP contribution in [0.1, 0.15) is 0 Å². The van der Waals surface area contributed by atoms with E-state index in [4.69, 9.17) is 4.42 Å². The monoisotopic (exact) mass is 775 g/mol. The van der Waals surface area contributed by atoms with Gasteiger partial charge in [-0.2, -0.15) is 83.8 Å². The van der Waals surface area contributed by atoms with E-state index < -0.39 is 8.07 Å². The summed E-state index contributed by atoms with van der Waals surface area (Å²) in [5.74, 6) is 0. The van der Waals surface area contributed by atoms with Crippen LogP contribution < -0.4 is 25.6 Å². The van der Waals surface area contributed by atoms with Crippen LogP contribution in [0.15, 0.2) is 168 Å². The molecule has 0 atom stereocenters. The van der Waals surface area contributed by atoms with Gasteiger partial charge in [0.2, 0.25) is 0 Å². The van der Waals surface area contributed by atoms with Gasteiger partial charge in [-0.15, -0.1) is 17.1 Å². The van der Waals surface area contributed by atoms with E-state index in [1.807, 2.05) is 31.3 Å². The van der Waals surface area contributed by atoms with E-state index in [2.05, 4.69) is 179 Å². The quantitative estimate of drug-likeness (QED) is 0.0980. The average molecular weight is 776 g/mol. The number of furan rings is 1. The summed E-state index contributed by atoms with van der Waals surface area (Å²) in [5, 5.41) is 9.37. The SMILES string of the molecule is CN1C=CN(c2[c-]c([Si](c3[c-]c4c(cc3)c3ccc5oc6ccccc6c5c3n4-c3[c-]cccc3)(c3ccccc3)c3ccccc3)ccc2)[CH-]1.[Pd]. The Labute approximate surface area is 317 Å². The average Bonchev–Trinajstić information content (AvgIpc) is 3.89. The fourth-order valence-corrected chi connectivity index (χ4v) is 12.5. The van der Waals surface area contributed by atoms with Crippen molar-refractivity contribution >= 4 is 78.3 Å². The van der Waals surface area contributed by atoms with Crippen molar-refractivity contribution in [2.45, 2.75) is 0 Å². The van der Waals surface area contributed by atoms with E-state index in [-0.39, 0.29) is 20.4 Å². The Morgan fingerprint density at radius 1 is 0.577 bits per heavy atom. The molecule has 0 bridgehead atoms. The Bertz CT molecular complexity index is 2720. The van der Waals surface area contributed by atoms with Crippen LogP contribution in [0.4, 0.5) is 5.69 Å². The first-order valence-corrected chi connectivity index (χ1v) is 19.2. The maximum atomic E-state index is 6.41. The van der Waals surface area contributed by atoms with Crippen molar-refractivity contribution < 1.29 is 24.8 Å². The predicted molar refractivity (Wildman–Crippen MR) is 212 cm³/mol. The third kappa shape index (κ3) is 4.91. The second kappa shape index (κ2) is 12.8. The van der Waals surface area contributed by atoms with Crippen molar-refractivity contribution in [2.75, 3.05) is 11.9 Å². The summed E-state index contributed by atoms with van der Waals surface area (Å²) >= 11 is 0. The summed E-state index contributed by atoms with van der Waals surface area (Å²) in [4.78, 5) is 4.19. The van der Waals surface area contributed by atoms with Crippen molar-refractivity contribution in [2.24, 2.45) is 0 Å². The van der Waals surface area contributed by atoms with Crippen molar-refractivity contribution in [3.63, 3.8) is 0 Å². The van der Waals surface area contributed by atoms with Crippen LogP contribution in [0.3, 0.4) is 0 Å². The van der Waals surface area contributed by atoms with Gasteiger partial charge in [0.25, 0.3) is 0 Å². The number of aromatic nitrogens is 1. The van der Waals surface area contributed by atoms with Gasteiger partial charge in [0.15, 0.2) is 0 Å². The Morgan fingerprint density at radius 3 is 2.00 bits per heavy atom. The number of nitrogens with zero attached hydrogens (tertiary/aromatic N) is 3. The molecule has 3 heterocycles. The molecule has 0 N–H and O–H groups in total. The van der Waals surface area contributed by atoms with Crippen LogP contribution >= 0.6 is 0 Å². The number of hydrogen-bond acceptors (Lipinski definition) is 3. The van der Waals surface area contributed by atoms with Crippen molar-refractivity contribution in [3.05, 3.63) is 189 Å². The molecule has 0 unspecified atom stereocenters. The van der Waals surface area contributed by atoms with E-state index in [1.165, 1.54) is 15.6 Å². The van der Waals surface area contributed by atoms with Gasteiger partial charge in [-0.05, 0) is 47.3 Å². The number of anilines is 1. The fourth-order valence-electron chi connectivity index (χ4n) is 7.95. The molecular weight excluding hydrogens is 745 g/mol. The number of para-hydroxylation sites is 2. The maximum absolute atomic E-state index is 6.41. The zero-order chi connectivity index (χ0) is 33.9. The minimum atomic E-state index is -3.01. The van der Waals surface area contributed by atoms with Crippen LogP contribution in [0.25, 0.3) is 49.4 Å². The van der Waals surface area contributed by atoms with Crippen LogP contribution in [0, 0.1) is 24.9 Å². The van der Waals surface area contributed by atoms with Gasteiger partial charge in [-0.1, -0.05) is 96.1 Å². The molecule has 4 nitrogen and oxygen atoms in total. The number of fused-ring (bicyclic) bond motifs is 7. The van der Waals surface area contributed by atoms with Crippen LogP contribution in [0.5, 0.6) is 0 Å². The maximum Gasteiger partial charge on any atom is 0.137 e. The first kappa shape index (κ1) is 32.3. The smallest absolute Gasteiger partial charge is 0.137 e. The molecule has 9 aromatic rings. The molecule has 6 heteroatoms. The molecule has 0 fully saturated rings. The fraction of sp³-hybridized carbons (Fsp3) is 0.0217. The minimum Gasteiger partial charge on any atom is -0.510 e. The van der Waals surface area contributed by atoms with Crippen LogP contribution in [-0.2, 0) is 20.4 Å². The molecule has 0 amide bonds. The van der Waals surface area contributed by atoms with Crippen molar-refractivity contribution in [1.29, 1.82) is 0 Å². The molecule has 10 rings (SSSR count). The normalized spacial score (nSPS) is 13.1. The summed E-state index contributed by atoms with van der Waals surface area (Å²) in [6.07, 6.45) is 4.14. The van der Waals surface area contributed by atoms with Crippen molar-refractivity contribution in [1.82, 2.24) is 9.47 Å². The molecule has 1 aliphatic heterocycles. The molecular formula is C46H31N3OPdSi-4. The standard InChI is InChI=1S/C46H31N3OSi.Pd/c1-47-28-29-48(32-47)34-16-13-21-37(30-34)51(35-17-7-3-8-18-35,36-19-9-4-10-20-36)38-24-25-39-40-26-27-44-45(41-22-11-12-23-43(41)50-44)46(40)49(42(39)31-38)33-14-5-2-6-15-33;/h2-14,16-29,32H,1H3;/q-4;. The van der Waals surface area contributed by atoms with Gasteiger partial charge >= 0.3 is 0 Å². The number of hydrogen-bond donors (Lipinski definition) is 0. The van der Waals surface area contributed by atoms with E-state index in [9.17, 15) is 0 Å². The summed E-state index contributed by atoms with van der Waals surface area (Å²) in [7, 11) is -0.963. The van der Waals surface area contributed by atoms with Gasteiger partial charge in [-0.3, -0.25) is 0 Å². The Kier molecular flexibility index (Phi) is 7.97. The topological polar surface area (TPSA) is 24.6 Å². The predicted octanol–water partition coefficient (Wildman–Crippen LogP) is 7.80. The largest absolute Gasteiger partial charge is 0.510 e. The zero-order valence-electron chi connectivity index (χ0n) is 28.2. The van der Waals surface area contributed by atoms with Gasteiger partial charge in [0.05, 0.1) is 5.39 Å². The third-order valence-electron chi connectivity index (χ3n) is 10.2. The van der Waals surface area contributed by atoms with Gasteiger partial charge in [-0.25, -0.2) is 0 Å². The van der Waals surface area contributed by atoms with E-state index in [0.29, 0.717) is 0 Å². The van der Waals surface area contributed by atoms with Gasteiger partial charge in [0, 0.05) is 31.3 Å². The summed E-state index contributed by atoms with van der Waals surface area (Å²) in [5.41, 5.74) is 5.82. The minimum absolute atomic E-state index is 0. The zero-order valence-corrected chi connectivity index (χ0v) is 30.8. The molecule has 1 aliphatic rings. The molecule has 0 saturated carbocycles. The van der Waals surface area contributed by atoms with Crippen LogP contribution in [-0.4, -0.2) is 24.6 Å². The molecule has 7 aromatic carbocycles. The molecule has 2 aromatic heterocycles. The molecule has 0 saturated heterocycles. The van der Waals surface area contributed by atoms with E-state index in [0.717, 1.165) is 60.3 Å². The molecule has 0 aliphatic carbocycles. The van der Waals surface area contributed by atoms with Gasteiger partial charge < -0.3 is 18.8 Å². The second-order valence-electron chi connectivity index (χ2n) is 13.1. The van der Waals surface area contributed by atoms with E-state index >= 15 is 0 Å². The molecule has 254 valence electrons. The molecule has 52 heavy (non-hydrogen) atoms. The van der Waals surface area contributed by atoms with E-state index in [1.54, 1.807) is 0 Å². The Hall–Kier alpha value is -5.64. The van der Waals surface area contributed by atoms with Crippen molar-refractivity contribution in [3.8, 4) is 5.69 Å². The second-order valence-corrected chi connectivity index (χ2v) is 16.8. The third-order valence-corrected chi connectivity index (χ3v) is 14.8. The Balaban J connectivity index is 0.00000360. The summed E-state index contributed by atoms with van der Waals surface area (Å²) in [6, 6.07) is 65.6. The van der Waals surface area contributed by atoms with Gasteiger partial charge in [0.1, 0.15) is 19.2 Å². The summed E-state index contributed by atoms with van der Waals surface area (Å²) < 4.78 is 8.75. The summed E-state index contributed by atoms with van der Waals surface area (Å²) in [6.45, 7) is 2.08. The molecule has 0 spiro atoms. The number of rotatable bonds is 6. The first-order valence-electron chi connectivity index (χ1n) is 17.2. The first-order chi connectivity index (χ1) is 25.2. The van der Waals surface area contributed by atoms with Crippen LogP contribution in [0.2, 0.25) is 0 Å². The number of benzene rings is 7.